The largest absolute Gasteiger partial charge is 1.00 e. The summed E-state index contributed by atoms with van der Waals surface area (Å²) in [5.41, 5.74) is 17.3. The van der Waals surface area contributed by atoms with Crippen LogP contribution in [0.25, 0.3) is 65.7 Å². The Labute approximate surface area is 517 Å². The van der Waals surface area contributed by atoms with Gasteiger partial charge in [-0.25, -0.2) is 18.3 Å². The molecule has 0 aliphatic carbocycles. The van der Waals surface area contributed by atoms with E-state index in [1.807, 2.05) is 194 Å². The molecule has 0 unspecified atom stereocenters. The van der Waals surface area contributed by atoms with E-state index in [1.54, 1.807) is 0 Å². The first-order valence-corrected chi connectivity index (χ1v) is 28.8. The summed E-state index contributed by atoms with van der Waals surface area (Å²) in [7, 11) is 0. The minimum atomic E-state index is -0.0684. The molecule has 10 nitrogen and oxygen atoms in total. The van der Waals surface area contributed by atoms with Gasteiger partial charge >= 0.3 is 0 Å². The van der Waals surface area contributed by atoms with Crippen LogP contribution in [0.15, 0.2) is 231 Å². The lowest BCUT2D eigenvalue weighted by molar-refractivity contribution is -0.663. The molecule has 14 aromatic rings. The number of para-hydroxylation sites is 4. The lowest BCUT2D eigenvalue weighted by Gasteiger charge is -2.06. The number of aromatic nitrogens is 6. The van der Waals surface area contributed by atoms with E-state index in [1.165, 1.54) is 0 Å². The Morgan fingerprint density at radius 2 is 0.581 bits per heavy atom. The SMILES string of the molecule is CCn1c2ccc3cc2c2cc(ccc21)C(=O)c1ccc(cc1)Cn1c[n+](c2ccccc21)Cc1ccc(cc1)C(=O)c1ccc2c(c1)c1cc(ccc1n2CC)C(=O)c1ccc(cc1)C[n+]1cn(c2ccccc21)Cc1ccc(cc1)C3=O.[Br-].[Br-]. The number of nitrogens with zero attached hydrogens (tertiary/aromatic N) is 6. The van der Waals surface area contributed by atoms with E-state index >= 15 is 0 Å². The summed E-state index contributed by atoms with van der Waals surface area (Å²) in [5.74, 6) is -0.273. The number of aryl methyl sites for hydroxylation is 2. The average molecular weight is 1250 g/mol. The lowest BCUT2D eigenvalue weighted by atomic mass is 9.98. The van der Waals surface area contributed by atoms with E-state index in [4.69, 9.17) is 0 Å². The van der Waals surface area contributed by atoms with E-state index in [0.29, 0.717) is 70.7 Å². The molecule has 0 amide bonds. The van der Waals surface area contributed by atoms with Crippen molar-refractivity contribution in [2.75, 3.05) is 0 Å². The van der Waals surface area contributed by atoms with Crippen LogP contribution in [-0.4, -0.2) is 41.4 Å². The van der Waals surface area contributed by atoms with Gasteiger partial charge < -0.3 is 43.1 Å². The van der Waals surface area contributed by atoms with Gasteiger partial charge in [0.05, 0.1) is 0 Å². The zero-order chi connectivity index (χ0) is 56.7. The van der Waals surface area contributed by atoms with Crippen LogP contribution in [-0.2, 0) is 39.3 Å². The standard InChI is InChI=1S/C74H56N6O4.2BrH/c1-3-79-63-33-29-55-37-59(63)60-38-56(30-34-64(60)79)72(82)52-23-15-48(16-24-52)42-76-46-78(70-12-8-6-10-68(70)76)44-50-19-27-54(28-20-50)74(84)58-32-36-66-62(40-58)61-39-57(31-35-65(61)80(66)4-2)73(83)53-25-17-49(18-26-53)43-77-45-75(67-9-5-7-11-69(67)77)41-47-13-21-51(22-14-47)71(55)81;;/h5-40,45-46H,3-4,41-44H2,1-2H3;2*1H/q+2;;/p-2. The molecule has 21 rings (SSSR count). The molecule has 11 heterocycles. The summed E-state index contributed by atoms with van der Waals surface area (Å²) in [5, 5.41) is 3.71. The highest BCUT2D eigenvalue weighted by molar-refractivity contribution is 6.19. The molecule has 12 heteroatoms. The summed E-state index contributed by atoms with van der Waals surface area (Å²) in [4.78, 5) is 57.3. The van der Waals surface area contributed by atoms with Crippen LogP contribution in [0.5, 0.6) is 0 Å². The van der Waals surface area contributed by atoms with E-state index in [-0.39, 0.29) is 57.1 Å². The van der Waals surface area contributed by atoms with Crippen LogP contribution in [0.2, 0.25) is 0 Å². The van der Waals surface area contributed by atoms with Gasteiger partial charge in [0.1, 0.15) is 26.2 Å². The van der Waals surface area contributed by atoms with Crippen LogP contribution in [0.4, 0.5) is 0 Å². The lowest BCUT2D eigenvalue weighted by Crippen LogP contribution is -3.00. The Hall–Kier alpha value is -9.62. The van der Waals surface area contributed by atoms with Gasteiger partial charge in [-0.3, -0.25) is 19.2 Å². The monoisotopic (exact) mass is 1250 g/mol. The Morgan fingerprint density at radius 1 is 0.314 bits per heavy atom. The van der Waals surface area contributed by atoms with Crippen LogP contribution < -0.4 is 43.1 Å². The van der Waals surface area contributed by atoms with Crippen molar-refractivity contribution in [3.05, 3.63) is 298 Å². The highest BCUT2D eigenvalue weighted by atomic mass is 79.9. The second-order valence-corrected chi connectivity index (χ2v) is 22.2. The molecule has 7 aliphatic heterocycles. The van der Waals surface area contributed by atoms with E-state index < -0.39 is 0 Å². The summed E-state index contributed by atoms with van der Waals surface area (Å²) in [6.07, 6.45) is 4.27. The van der Waals surface area contributed by atoms with Gasteiger partial charge in [0.2, 0.25) is 12.7 Å². The van der Waals surface area contributed by atoms with Crippen molar-refractivity contribution in [3.8, 4) is 0 Å². The summed E-state index contributed by atoms with van der Waals surface area (Å²) in [6.45, 7) is 8.07. The Balaban J connectivity index is 0.00000343. The van der Waals surface area contributed by atoms with Crippen LogP contribution in [0.3, 0.4) is 0 Å². The number of ketones is 4. The van der Waals surface area contributed by atoms with Crippen molar-refractivity contribution in [1.29, 1.82) is 0 Å². The fraction of sp³-hybridized carbons (Fsp3) is 0.108. The molecule has 0 saturated carbocycles. The average Bonchev–Trinajstić information content (AvgIpc) is 1.77. The quantitative estimate of drug-likeness (QED) is 0.165. The molecule has 0 spiro atoms. The molecule has 0 N–H and O–H groups in total. The predicted molar refractivity (Wildman–Crippen MR) is 330 cm³/mol. The third-order valence-electron chi connectivity index (χ3n) is 17.2. The predicted octanol–water partition coefficient (Wildman–Crippen LogP) is 7.87. The Kier molecular flexibility index (Phi) is 14.5. The molecule has 7 aliphatic rings. The topological polar surface area (TPSA) is 95.8 Å². The number of hydrogen-bond acceptors (Lipinski definition) is 4. The van der Waals surface area contributed by atoms with Crippen molar-refractivity contribution in [2.24, 2.45) is 0 Å². The number of carbonyl (C=O) groups excluding carboxylic acids is 4. The molecule has 0 saturated heterocycles. The first-order valence-electron chi connectivity index (χ1n) is 28.8. The molecule has 420 valence electrons. The fourth-order valence-electron chi connectivity index (χ4n) is 12.9. The van der Waals surface area contributed by atoms with Crippen LogP contribution in [0, 0.1) is 0 Å². The molecule has 0 fully saturated rings. The number of halogens is 2. The number of carbonyl (C=O) groups is 4. The maximum atomic E-state index is 14.3. The Morgan fingerprint density at radius 3 is 0.872 bits per heavy atom. The zero-order valence-corrected chi connectivity index (χ0v) is 50.4. The summed E-state index contributed by atoms with van der Waals surface area (Å²) >= 11 is 0. The fourth-order valence-corrected chi connectivity index (χ4v) is 12.9. The van der Waals surface area contributed by atoms with Gasteiger partial charge in [0.15, 0.2) is 45.2 Å². The Bertz CT molecular complexity index is 4430. The number of rotatable bonds is 2. The van der Waals surface area contributed by atoms with Gasteiger partial charge in [0.25, 0.3) is 0 Å². The van der Waals surface area contributed by atoms with Crippen molar-refractivity contribution < 1.29 is 62.3 Å². The number of hydrogen-bond donors (Lipinski definition) is 0. The highest BCUT2D eigenvalue weighted by Crippen LogP contribution is 2.34. The van der Waals surface area contributed by atoms with Crippen molar-refractivity contribution in [1.82, 2.24) is 18.3 Å². The van der Waals surface area contributed by atoms with Crippen molar-refractivity contribution in [3.63, 3.8) is 0 Å². The second kappa shape index (κ2) is 22.4. The van der Waals surface area contributed by atoms with Gasteiger partial charge in [-0.2, -0.15) is 0 Å². The molecular formula is C74H56Br2N6O4. The maximum Gasteiger partial charge on any atom is 0.245 e. The highest BCUT2D eigenvalue weighted by Gasteiger charge is 2.23. The molecule has 20 bridgehead atoms. The van der Waals surface area contributed by atoms with Gasteiger partial charge in [-0.1, -0.05) is 121 Å². The third-order valence-corrected chi connectivity index (χ3v) is 17.2. The molecular weight excluding hydrogens is 1200 g/mol. The van der Waals surface area contributed by atoms with Gasteiger partial charge in [-0.15, -0.1) is 0 Å². The van der Waals surface area contributed by atoms with Crippen molar-refractivity contribution in [2.45, 2.75) is 53.1 Å². The number of imidazole rings is 2. The van der Waals surface area contributed by atoms with Gasteiger partial charge in [0, 0.05) is 101 Å². The van der Waals surface area contributed by atoms with Crippen LogP contribution in [0.1, 0.15) is 99.8 Å². The first kappa shape index (κ1) is 55.6. The minimum Gasteiger partial charge on any atom is -1.00 e. The molecule has 86 heavy (non-hydrogen) atoms. The summed E-state index contributed by atoms with van der Waals surface area (Å²) < 4.78 is 13.4. The van der Waals surface area contributed by atoms with Gasteiger partial charge in [-0.05, 0) is 133 Å². The number of benzene rings is 10. The maximum absolute atomic E-state index is 14.3. The molecule has 10 aromatic carbocycles. The van der Waals surface area contributed by atoms with E-state index in [9.17, 15) is 19.2 Å². The number of fused-ring (bicyclic) bond motifs is 2. The molecule has 0 atom stereocenters. The first-order chi connectivity index (χ1) is 41.1. The normalized spacial score (nSPS) is 13.0. The van der Waals surface area contributed by atoms with Crippen LogP contribution >= 0.6 is 0 Å². The smallest absolute Gasteiger partial charge is 0.245 e. The van der Waals surface area contributed by atoms with Crippen molar-refractivity contribution >= 4 is 88.8 Å². The summed E-state index contributed by atoms with van der Waals surface area (Å²) in [6, 6.07) is 71.9. The van der Waals surface area contributed by atoms with E-state index in [0.717, 1.165) is 101 Å². The minimum absolute atomic E-state index is 0. The zero-order valence-electron chi connectivity index (χ0n) is 47.3. The third kappa shape index (κ3) is 9.59. The molecule has 4 aromatic heterocycles. The molecule has 0 radical (unpaired) electrons. The second-order valence-electron chi connectivity index (χ2n) is 22.2. The van der Waals surface area contributed by atoms with E-state index in [2.05, 4.69) is 78.2 Å².